The zero-order valence-electron chi connectivity index (χ0n) is 9.71. The summed E-state index contributed by atoms with van der Waals surface area (Å²) in [5, 5.41) is 13.3. The van der Waals surface area contributed by atoms with E-state index in [4.69, 9.17) is 11.6 Å². The first-order valence-electron chi connectivity index (χ1n) is 5.21. The smallest absolute Gasteiger partial charge is 0.270 e. The lowest BCUT2D eigenvalue weighted by Crippen LogP contribution is -2.15. The van der Waals surface area contributed by atoms with Gasteiger partial charge in [-0.05, 0) is 28.1 Å². The predicted octanol–water partition coefficient (Wildman–Crippen LogP) is 3.05. The number of aromatic nitrogens is 2. The van der Waals surface area contributed by atoms with Crippen molar-refractivity contribution in [2.45, 2.75) is 0 Å². The Labute approximate surface area is 126 Å². The summed E-state index contributed by atoms with van der Waals surface area (Å²) in [5.74, 6) is -0.566. The van der Waals surface area contributed by atoms with Gasteiger partial charge in [0.1, 0.15) is 5.15 Å². The first-order chi connectivity index (χ1) is 9.47. The Morgan fingerprint density at radius 1 is 1.40 bits per heavy atom. The molecule has 1 heterocycles. The van der Waals surface area contributed by atoms with Crippen LogP contribution in [0.5, 0.6) is 0 Å². The Bertz CT molecular complexity index is 695. The van der Waals surface area contributed by atoms with Gasteiger partial charge in [0.15, 0.2) is 0 Å². The Balaban J connectivity index is 2.29. The monoisotopic (exact) mass is 356 g/mol. The third-order valence-electron chi connectivity index (χ3n) is 2.25. The normalized spacial score (nSPS) is 10.1. The van der Waals surface area contributed by atoms with Gasteiger partial charge in [0.05, 0.1) is 10.5 Å². The molecule has 2 aromatic rings. The third kappa shape index (κ3) is 3.28. The van der Waals surface area contributed by atoms with Gasteiger partial charge < -0.3 is 0 Å². The zero-order chi connectivity index (χ0) is 14.7. The fourth-order valence-electron chi connectivity index (χ4n) is 1.37. The topological polar surface area (TPSA) is 98.0 Å². The van der Waals surface area contributed by atoms with Gasteiger partial charge in [-0.3, -0.25) is 20.2 Å². The highest BCUT2D eigenvalue weighted by atomic mass is 79.9. The molecule has 1 aromatic heterocycles. The number of benzene rings is 1. The summed E-state index contributed by atoms with van der Waals surface area (Å²) in [5.41, 5.74) is -0.0897. The van der Waals surface area contributed by atoms with Crippen molar-refractivity contribution in [3.05, 3.63) is 55.8 Å². The van der Waals surface area contributed by atoms with Crippen molar-refractivity contribution in [2.24, 2.45) is 0 Å². The first-order valence-corrected chi connectivity index (χ1v) is 6.38. The fraction of sp³-hybridized carbons (Fsp3) is 0. The Kier molecular flexibility index (Phi) is 4.26. The van der Waals surface area contributed by atoms with Crippen molar-refractivity contribution >= 4 is 45.1 Å². The molecule has 0 unspecified atom stereocenters. The van der Waals surface area contributed by atoms with Gasteiger partial charge in [-0.1, -0.05) is 11.6 Å². The second-order valence-corrected chi connectivity index (χ2v) is 4.82. The third-order valence-corrected chi connectivity index (χ3v) is 3.15. The number of rotatable bonds is 3. The molecule has 0 aliphatic heterocycles. The number of nitrogens with zero attached hydrogens (tertiary/aromatic N) is 3. The molecule has 0 saturated heterocycles. The van der Waals surface area contributed by atoms with Gasteiger partial charge in [-0.2, -0.15) is 0 Å². The Morgan fingerprint density at radius 3 is 2.80 bits per heavy atom. The van der Waals surface area contributed by atoms with Gasteiger partial charge in [-0.25, -0.2) is 9.97 Å². The SMILES string of the molecule is O=C(Nc1nccc(Cl)n1)c1cc([N+](=O)[O-])ccc1Br. The van der Waals surface area contributed by atoms with Crippen LogP contribution in [-0.2, 0) is 0 Å². The lowest BCUT2D eigenvalue weighted by Gasteiger charge is -2.05. The van der Waals surface area contributed by atoms with E-state index in [1.165, 1.54) is 24.4 Å². The van der Waals surface area contributed by atoms with Gasteiger partial charge in [-0.15, -0.1) is 0 Å². The van der Waals surface area contributed by atoms with E-state index >= 15 is 0 Å². The van der Waals surface area contributed by atoms with E-state index < -0.39 is 10.8 Å². The molecule has 0 fully saturated rings. The molecule has 0 aliphatic carbocycles. The molecule has 2 rings (SSSR count). The van der Waals surface area contributed by atoms with Gasteiger partial charge in [0, 0.05) is 22.8 Å². The number of nitrogens with one attached hydrogen (secondary N) is 1. The molecule has 0 radical (unpaired) electrons. The number of anilines is 1. The number of amides is 1. The lowest BCUT2D eigenvalue weighted by atomic mass is 10.2. The van der Waals surface area contributed by atoms with E-state index in [2.05, 4.69) is 31.2 Å². The summed E-state index contributed by atoms with van der Waals surface area (Å²) in [4.78, 5) is 29.8. The number of nitro benzene ring substituents is 1. The maximum Gasteiger partial charge on any atom is 0.270 e. The first kappa shape index (κ1) is 14.4. The van der Waals surface area contributed by atoms with Crippen LogP contribution in [-0.4, -0.2) is 20.8 Å². The molecular formula is C11H6BrClN4O3. The molecule has 0 aliphatic rings. The van der Waals surface area contributed by atoms with Crippen LogP contribution >= 0.6 is 27.5 Å². The van der Waals surface area contributed by atoms with Crippen LogP contribution in [0.2, 0.25) is 5.15 Å². The maximum absolute atomic E-state index is 12.0. The van der Waals surface area contributed by atoms with E-state index in [0.29, 0.717) is 4.47 Å². The molecule has 1 amide bonds. The highest BCUT2D eigenvalue weighted by Crippen LogP contribution is 2.23. The number of hydrogen-bond donors (Lipinski definition) is 1. The molecular weight excluding hydrogens is 352 g/mol. The average molecular weight is 358 g/mol. The molecule has 0 bridgehead atoms. The lowest BCUT2D eigenvalue weighted by molar-refractivity contribution is -0.384. The van der Waals surface area contributed by atoms with Crippen molar-refractivity contribution in [3.8, 4) is 0 Å². The quantitative estimate of drug-likeness (QED) is 0.517. The minimum atomic E-state index is -0.584. The second-order valence-electron chi connectivity index (χ2n) is 3.58. The van der Waals surface area contributed by atoms with Crippen LogP contribution in [0, 0.1) is 10.1 Å². The zero-order valence-corrected chi connectivity index (χ0v) is 12.1. The Morgan fingerprint density at radius 2 is 2.15 bits per heavy atom. The van der Waals surface area contributed by atoms with E-state index in [9.17, 15) is 14.9 Å². The van der Waals surface area contributed by atoms with Crippen molar-refractivity contribution in [1.29, 1.82) is 0 Å². The number of nitro groups is 1. The van der Waals surface area contributed by atoms with Crippen LogP contribution in [0.3, 0.4) is 0 Å². The molecule has 1 aromatic carbocycles. The number of carbonyl (C=O) groups is 1. The van der Waals surface area contributed by atoms with Crippen LogP contribution < -0.4 is 5.32 Å². The van der Waals surface area contributed by atoms with Gasteiger partial charge in [0.25, 0.3) is 11.6 Å². The van der Waals surface area contributed by atoms with Crippen molar-refractivity contribution < 1.29 is 9.72 Å². The molecule has 102 valence electrons. The molecule has 1 N–H and O–H groups in total. The summed E-state index contributed by atoms with van der Waals surface area (Å²) >= 11 is 8.83. The van der Waals surface area contributed by atoms with Crippen molar-refractivity contribution in [3.63, 3.8) is 0 Å². The minimum Gasteiger partial charge on any atom is -0.290 e. The largest absolute Gasteiger partial charge is 0.290 e. The average Bonchev–Trinajstić information content (AvgIpc) is 2.38. The van der Waals surface area contributed by atoms with Gasteiger partial charge in [0.2, 0.25) is 5.95 Å². The Hall–Kier alpha value is -2.06. The van der Waals surface area contributed by atoms with E-state index in [-0.39, 0.29) is 22.4 Å². The fourth-order valence-corrected chi connectivity index (χ4v) is 1.93. The minimum absolute atomic E-state index is 0.0147. The molecule has 0 spiro atoms. The molecule has 7 nitrogen and oxygen atoms in total. The van der Waals surface area contributed by atoms with Crippen molar-refractivity contribution in [2.75, 3.05) is 5.32 Å². The summed E-state index contributed by atoms with van der Waals surface area (Å²) in [6.07, 6.45) is 1.38. The molecule has 0 saturated carbocycles. The number of non-ortho nitro benzene ring substituents is 1. The van der Waals surface area contributed by atoms with Crippen LogP contribution in [0.15, 0.2) is 34.9 Å². The van der Waals surface area contributed by atoms with Crippen LogP contribution in [0.25, 0.3) is 0 Å². The number of carbonyl (C=O) groups excluding carboxylic acids is 1. The predicted molar refractivity (Wildman–Crippen MR) is 75.8 cm³/mol. The van der Waals surface area contributed by atoms with Crippen LogP contribution in [0.4, 0.5) is 11.6 Å². The standard InChI is InChI=1S/C11H6BrClN4O3/c12-8-2-1-6(17(19)20)5-7(8)10(18)16-11-14-4-3-9(13)15-11/h1-5H,(H,14,15,16,18). The molecule has 0 atom stereocenters. The number of hydrogen-bond acceptors (Lipinski definition) is 5. The van der Waals surface area contributed by atoms with E-state index in [0.717, 1.165) is 6.07 Å². The van der Waals surface area contributed by atoms with Crippen molar-refractivity contribution in [1.82, 2.24) is 9.97 Å². The molecule has 9 heteroatoms. The highest BCUT2D eigenvalue weighted by Gasteiger charge is 2.16. The summed E-state index contributed by atoms with van der Waals surface area (Å²) in [6, 6.07) is 5.33. The maximum atomic E-state index is 12.0. The number of halogens is 2. The summed E-state index contributed by atoms with van der Waals surface area (Å²) < 4.78 is 0.419. The molecule has 20 heavy (non-hydrogen) atoms. The second kappa shape index (κ2) is 5.93. The van der Waals surface area contributed by atoms with E-state index in [1.807, 2.05) is 0 Å². The summed E-state index contributed by atoms with van der Waals surface area (Å²) in [6.45, 7) is 0. The van der Waals surface area contributed by atoms with Gasteiger partial charge >= 0.3 is 0 Å². The summed E-state index contributed by atoms with van der Waals surface area (Å²) in [7, 11) is 0. The van der Waals surface area contributed by atoms with Crippen LogP contribution in [0.1, 0.15) is 10.4 Å². The highest BCUT2D eigenvalue weighted by molar-refractivity contribution is 9.10. The van der Waals surface area contributed by atoms with E-state index in [1.54, 1.807) is 0 Å².